The van der Waals surface area contributed by atoms with E-state index in [1.807, 2.05) is 0 Å². The second kappa shape index (κ2) is 6.34. The zero-order chi connectivity index (χ0) is 12.1. The maximum atomic E-state index is 5.40. The molecule has 0 bridgehead atoms. The molecule has 1 aliphatic carbocycles. The highest BCUT2D eigenvalue weighted by atomic mass is 32.1. The molecule has 1 aromatic heterocycles. The third kappa shape index (κ3) is 3.66. The zero-order valence-corrected chi connectivity index (χ0v) is 11.4. The Balaban J connectivity index is 1.76. The fraction of sp³-hybridized carbons (Fsp3) is 0.846. The number of unbranched alkanes of at least 4 members (excludes halogenated alkanes) is 2. The van der Waals surface area contributed by atoms with Crippen LogP contribution in [0, 0.1) is 10.8 Å². The Morgan fingerprint density at radius 2 is 2.06 bits per heavy atom. The smallest absolute Gasteiger partial charge is 0.284 e. The standard InChI is InChI=1S/C13H22N2OS/c1-2-3-4-5-10-6-8-11(9-7-10)12-14-15-13(17)16-12/h10-11H,2-9H2,1H3,(H,15,17). The average Bonchev–Trinajstić information content (AvgIpc) is 2.77. The molecule has 96 valence electrons. The predicted molar refractivity (Wildman–Crippen MR) is 70.5 cm³/mol. The van der Waals surface area contributed by atoms with Gasteiger partial charge in [0.05, 0.1) is 0 Å². The van der Waals surface area contributed by atoms with E-state index in [-0.39, 0.29) is 0 Å². The molecule has 3 nitrogen and oxygen atoms in total. The first kappa shape index (κ1) is 12.8. The molecule has 0 radical (unpaired) electrons. The van der Waals surface area contributed by atoms with Crippen molar-refractivity contribution in [1.82, 2.24) is 10.2 Å². The van der Waals surface area contributed by atoms with Crippen molar-refractivity contribution in [2.75, 3.05) is 0 Å². The quantitative estimate of drug-likeness (QED) is 0.617. The number of nitrogens with zero attached hydrogens (tertiary/aromatic N) is 1. The Labute approximate surface area is 108 Å². The van der Waals surface area contributed by atoms with Gasteiger partial charge >= 0.3 is 0 Å². The number of rotatable bonds is 5. The first-order chi connectivity index (χ1) is 8.29. The molecule has 1 N–H and O–H groups in total. The van der Waals surface area contributed by atoms with Gasteiger partial charge in [0, 0.05) is 5.92 Å². The summed E-state index contributed by atoms with van der Waals surface area (Å²) < 4.78 is 5.40. The minimum Gasteiger partial charge on any atom is -0.414 e. The molecule has 0 spiro atoms. The Hall–Kier alpha value is -0.640. The van der Waals surface area contributed by atoms with Gasteiger partial charge in [-0.15, -0.1) is 5.10 Å². The average molecular weight is 254 g/mol. The van der Waals surface area contributed by atoms with Crippen LogP contribution < -0.4 is 0 Å². The summed E-state index contributed by atoms with van der Waals surface area (Å²) in [6, 6.07) is 0. The molecule has 1 heterocycles. The van der Waals surface area contributed by atoms with Crippen LogP contribution in [0.5, 0.6) is 0 Å². The fourth-order valence-corrected chi connectivity index (χ4v) is 2.93. The fourth-order valence-electron chi connectivity index (χ4n) is 2.80. The van der Waals surface area contributed by atoms with E-state index in [2.05, 4.69) is 17.1 Å². The lowest BCUT2D eigenvalue weighted by atomic mass is 9.80. The normalized spacial score (nSPS) is 25.0. The van der Waals surface area contributed by atoms with Crippen molar-refractivity contribution in [3.8, 4) is 0 Å². The molecule has 4 heteroatoms. The zero-order valence-electron chi connectivity index (χ0n) is 10.6. The van der Waals surface area contributed by atoms with Crippen LogP contribution in [0.15, 0.2) is 4.42 Å². The molecule has 1 aliphatic rings. The monoisotopic (exact) mass is 254 g/mol. The maximum Gasteiger partial charge on any atom is 0.284 e. The molecular weight excluding hydrogens is 232 g/mol. The molecule has 0 aromatic carbocycles. The summed E-state index contributed by atoms with van der Waals surface area (Å²) in [5.74, 6) is 2.24. The van der Waals surface area contributed by atoms with Gasteiger partial charge in [-0.1, -0.05) is 32.6 Å². The van der Waals surface area contributed by atoms with Gasteiger partial charge in [-0.3, -0.25) is 0 Å². The lowest BCUT2D eigenvalue weighted by Gasteiger charge is -2.26. The van der Waals surface area contributed by atoms with E-state index in [9.17, 15) is 0 Å². The van der Waals surface area contributed by atoms with Crippen LogP contribution in [-0.2, 0) is 0 Å². The van der Waals surface area contributed by atoms with Crippen LogP contribution in [0.4, 0.5) is 0 Å². The van der Waals surface area contributed by atoms with Crippen molar-refractivity contribution < 1.29 is 4.42 Å². The first-order valence-electron chi connectivity index (χ1n) is 6.85. The number of aromatic amines is 1. The number of hydrogen-bond donors (Lipinski definition) is 1. The van der Waals surface area contributed by atoms with E-state index in [0.717, 1.165) is 11.8 Å². The summed E-state index contributed by atoms with van der Waals surface area (Å²) in [6.07, 6.45) is 10.6. The molecule has 0 amide bonds. The molecule has 0 atom stereocenters. The SMILES string of the molecule is CCCCCC1CCC(c2n[nH]c(=S)o2)CC1. The minimum atomic E-state index is 0.407. The topological polar surface area (TPSA) is 41.8 Å². The van der Waals surface area contributed by atoms with E-state index >= 15 is 0 Å². The summed E-state index contributed by atoms with van der Waals surface area (Å²) >= 11 is 4.91. The van der Waals surface area contributed by atoms with Crippen LogP contribution in [0.3, 0.4) is 0 Å². The Kier molecular flexibility index (Phi) is 4.77. The summed E-state index contributed by atoms with van der Waals surface area (Å²) in [7, 11) is 0. The lowest BCUT2D eigenvalue weighted by Crippen LogP contribution is -2.13. The summed E-state index contributed by atoms with van der Waals surface area (Å²) in [4.78, 5) is 0.407. The van der Waals surface area contributed by atoms with Crippen molar-refractivity contribution in [1.29, 1.82) is 0 Å². The second-order valence-electron chi connectivity index (χ2n) is 5.16. The molecule has 1 saturated carbocycles. The molecular formula is C13H22N2OS. The maximum absolute atomic E-state index is 5.40. The van der Waals surface area contributed by atoms with Crippen LogP contribution >= 0.6 is 12.2 Å². The minimum absolute atomic E-state index is 0.407. The molecule has 1 aromatic rings. The summed E-state index contributed by atoms with van der Waals surface area (Å²) in [5.41, 5.74) is 0. The van der Waals surface area contributed by atoms with E-state index in [0.29, 0.717) is 10.8 Å². The summed E-state index contributed by atoms with van der Waals surface area (Å²) in [5, 5.41) is 6.86. The highest BCUT2D eigenvalue weighted by Crippen LogP contribution is 2.36. The van der Waals surface area contributed by atoms with Crippen LogP contribution in [0.25, 0.3) is 0 Å². The van der Waals surface area contributed by atoms with Crippen molar-refractivity contribution in [3.05, 3.63) is 10.7 Å². The number of aromatic nitrogens is 2. The Morgan fingerprint density at radius 3 is 2.65 bits per heavy atom. The van der Waals surface area contributed by atoms with Gasteiger partial charge in [-0.25, -0.2) is 5.10 Å². The van der Waals surface area contributed by atoms with E-state index in [4.69, 9.17) is 16.6 Å². The molecule has 0 aliphatic heterocycles. The largest absolute Gasteiger partial charge is 0.414 e. The van der Waals surface area contributed by atoms with Gasteiger partial charge in [0.25, 0.3) is 4.84 Å². The van der Waals surface area contributed by atoms with Gasteiger partial charge in [-0.2, -0.15) is 0 Å². The molecule has 2 rings (SSSR count). The first-order valence-corrected chi connectivity index (χ1v) is 7.25. The molecule has 0 unspecified atom stereocenters. The highest BCUT2D eigenvalue weighted by molar-refractivity contribution is 7.71. The van der Waals surface area contributed by atoms with Gasteiger partial charge in [0.15, 0.2) is 0 Å². The molecule has 0 saturated heterocycles. The predicted octanol–water partition coefficient (Wildman–Crippen LogP) is 4.59. The third-order valence-corrected chi connectivity index (χ3v) is 4.04. The van der Waals surface area contributed by atoms with Crippen LogP contribution in [-0.4, -0.2) is 10.2 Å². The van der Waals surface area contributed by atoms with Crippen molar-refractivity contribution in [3.63, 3.8) is 0 Å². The number of hydrogen-bond acceptors (Lipinski definition) is 3. The van der Waals surface area contributed by atoms with Crippen LogP contribution in [0.1, 0.15) is 70.1 Å². The van der Waals surface area contributed by atoms with Crippen LogP contribution in [0.2, 0.25) is 0 Å². The molecule has 17 heavy (non-hydrogen) atoms. The Morgan fingerprint density at radius 1 is 1.29 bits per heavy atom. The molecule has 1 fully saturated rings. The Bertz CT molecular complexity index is 377. The van der Waals surface area contributed by atoms with Gasteiger partial charge in [0.2, 0.25) is 5.89 Å². The van der Waals surface area contributed by atoms with E-state index in [1.54, 1.807) is 0 Å². The van der Waals surface area contributed by atoms with Crippen molar-refractivity contribution in [2.24, 2.45) is 5.92 Å². The van der Waals surface area contributed by atoms with Gasteiger partial charge < -0.3 is 4.42 Å². The lowest BCUT2D eigenvalue weighted by molar-refractivity contribution is 0.275. The summed E-state index contributed by atoms with van der Waals surface area (Å²) in [6.45, 7) is 2.27. The third-order valence-electron chi connectivity index (χ3n) is 3.87. The van der Waals surface area contributed by atoms with E-state index < -0.39 is 0 Å². The van der Waals surface area contributed by atoms with Crippen molar-refractivity contribution >= 4 is 12.2 Å². The second-order valence-corrected chi connectivity index (χ2v) is 5.54. The van der Waals surface area contributed by atoms with E-state index in [1.165, 1.54) is 51.4 Å². The number of nitrogens with one attached hydrogen (secondary N) is 1. The highest BCUT2D eigenvalue weighted by Gasteiger charge is 2.25. The van der Waals surface area contributed by atoms with Crippen molar-refractivity contribution in [2.45, 2.75) is 64.2 Å². The van der Waals surface area contributed by atoms with Gasteiger partial charge in [0.1, 0.15) is 0 Å². The number of H-pyrrole nitrogens is 1. The van der Waals surface area contributed by atoms with Gasteiger partial charge in [-0.05, 0) is 43.8 Å².